The summed E-state index contributed by atoms with van der Waals surface area (Å²) in [5.41, 5.74) is 4.80. The van der Waals surface area contributed by atoms with Crippen LogP contribution in [0.1, 0.15) is 10.4 Å². The first-order valence-electron chi connectivity index (χ1n) is 4.64. The topological polar surface area (TPSA) is 117 Å². The monoisotopic (exact) mass is 311 g/mol. The summed E-state index contributed by atoms with van der Waals surface area (Å²) in [6.07, 6.45) is 4.09. The van der Waals surface area contributed by atoms with Crippen molar-refractivity contribution < 1.29 is 9.72 Å². The van der Waals surface area contributed by atoms with Gasteiger partial charge in [-0.1, -0.05) is 0 Å². The van der Waals surface area contributed by atoms with Crippen LogP contribution in [0.3, 0.4) is 0 Å². The van der Waals surface area contributed by atoms with E-state index in [-0.39, 0.29) is 17.1 Å². The molecular formula is C9H6BrN5O3. The predicted molar refractivity (Wildman–Crippen MR) is 64.2 cm³/mol. The van der Waals surface area contributed by atoms with Crippen molar-refractivity contribution in [1.29, 1.82) is 0 Å². The van der Waals surface area contributed by atoms with Gasteiger partial charge in [0.1, 0.15) is 6.20 Å². The SMILES string of the molecule is NC(=O)c1cc([N+](=O)[O-])cnc1-n1cc(Br)cn1. The molecule has 2 N–H and O–H groups in total. The van der Waals surface area contributed by atoms with Crippen molar-refractivity contribution in [3.05, 3.63) is 44.8 Å². The first-order valence-corrected chi connectivity index (χ1v) is 5.43. The molecule has 92 valence electrons. The Labute approximate surface area is 109 Å². The highest BCUT2D eigenvalue weighted by molar-refractivity contribution is 9.10. The highest BCUT2D eigenvalue weighted by Gasteiger charge is 2.17. The van der Waals surface area contributed by atoms with Gasteiger partial charge in [-0.2, -0.15) is 5.10 Å². The number of aromatic nitrogens is 3. The average Bonchev–Trinajstić information content (AvgIpc) is 2.74. The third-order valence-corrected chi connectivity index (χ3v) is 2.51. The van der Waals surface area contributed by atoms with Crippen LogP contribution >= 0.6 is 15.9 Å². The molecule has 0 fully saturated rings. The first-order chi connectivity index (χ1) is 8.49. The molecule has 0 aliphatic carbocycles. The summed E-state index contributed by atoms with van der Waals surface area (Å²) in [4.78, 5) is 25.1. The molecule has 2 aromatic heterocycles. The number of hydrogen-bond donors (Lipinski definition) is 1. The van der Waals surface area contributed by atoms with Crippen molar-refractivity contribution in [2.45, 2.75) is 0 Å². The minimum Gasteiger partial charge on any atom is -0.365 e. The fourth-order valence-electron chi connectivity index (χ4n) is 1.33. The van der Waals surface area contributed by atoms with Gasteiger partial charge in [0, 0.05) is 12.3 Å². The summed E-state index contributed by atoms with van der Waals surface area (Å²) >= 11 is 3.19. The second-order valence-corrected chi connectivity index (χ2v) is 4.20. The largest absolute Gasteiger partial charge is 0.365 e. The van der Waals surface area contributed by atoms with Crippen molar-refractivity contribution in [1.82, 2.24) is 14.8 Å². The van der Waals surface area contributed by atoms with E-state index in [1.165, 1.54) is 10.9 Å². The van der Waals surface area contributed by atoms with Crippen LogP contribution in [-0.4, -0.2) is 25.6 Å². The van der Waals surface area contributed by atoms with Gasteiger partial charge in [0.2, 0.25) is 0 Å². The number of nitrogens with zero attached hydrogens (tertiary/aromatic N) is 4. The van der Waals surface area contributed by atoms with Crippen LogP contribution in [0, 0.1) is 10.1 Å². The Morgan fingerprint density at radius 2 is 2.22 bits per heavy atom. The standard InChI is InChI=1S/C9H6BrN5O3/c10-5-2-13-14(4-5)9-7(8(11)16)1-6(3-12-9)15(17)18/h1-4H,(H2,11,16). The van der Waals surface area contributed by atoms with Crippen molar-refractivity contribution in [3.63, 3.8) is 0 Å². The summed E-state index contributed by atoms with van der Waals surface area (Å²) in [6.45, 7) is 0. The van der Waals surface area contributed by atoms with Gasteiger partial charge in [-0.15, -0.1) is 0 Å². The molecule has 9 heteroatoms. The third kappa shape index (κ3) is 2.20. The molecule has 0 radical (unpaired) electrons. The number of carbonyl (C=O) groups excluding carboxylic acids is 1. The number of primary amides is 1. The lowest BCUT2D eigenvalue weighted by Crippen LogP contribution is -2.16. The van der Waals surface area contributed by atoms with E-state index in [1.807, 2.05) is 0 Å². The van der Waals surface area contributed by atoms with Crippen LogP contribution in [0.25, 0.3) is 5.82 Å². The zero-order valence-corrected chi connectivity index (χ0v) is 10.4. The fourth-order valence-corrected chi connectivity index (χ4v) is 1.61. The lowest BCUT2D eigenvalue weighted by atomic mass is 10.2. The molecule has 0 spiro atoms. The summed E-state index contributed by atoms with van der Waals surface area (Å²) in [7, 11) is 0. The van der Waals surface area contributed by atoms with Crippen molar-refractivity contribution >= 4 is 27.5 Å². The number of pyridine rings is 1. The first kappa shape index (κ1) is 12.2. The molecular weight excluding hydrogens is 306 g/mol. The van der Waals surface area contributed by atoms with Gasteiger partial charge in [0.05, 0.1) is 21.2 Å². The summed E-state index contributed by atoms with van der Waals surface area (Å²) in [5, 5.41) is 14.5. The van der Waals surface area contributed by atoms with Gasteiger partial charge in [0.15, 0.2) is 5.82 Å². The lowest BCUT2D eigenvalue weighted by Gasteiger charge is -2.04. The molecule has 0 aliphatic rings. The Morgan fingerprint density at radius 3 is 2.72 bits per heavy atom. The van der Waals surface area contributed by atoms with E-state index in [0.29, 0.717) is 4.47 Å². The molecule has 2 heterocycles. The normalized spacial score (nSPS) is 10.3. The Kier molecular flexibility index (Phi) is 3.06. The van der Waals surface area contributed by atoms with Crippen molar-refractivity contribution in [3.8, 4) is 5.82 Å². The zero-order valence-electron chi connectivity index (χ0n) is 8.78. The number of nitro groups is 1. The van der Waals surface area contributed by atoms with Crippen molar-refractivity contribution in [2.24, 2.45) is 5.73 Å². The van der Waals surface area contributed by atoms with Crippen LogP contribution in [0.2, 0.25) is 0 Å². The Balaban J connectivity index is 2.60. The smallest absolute Gasteiger partial charge is 0.288 e. The Morgan fingerprint density at radius 1 is 1.50 bits per heavy atom. The molecule has 0 aromatic carbocycles. The summed E-state index contributed by atoms with van der Waals surface area (Å²) in [6, 6.07) is 1.07. The number of rotatable bonds is 3. The Bertz CT molecular complexity index is 639. The number of halogens is 1. The molecule has 0 aliphatic heterocycles. The molecule has 8 nitrogen and oxygen atoms in total. The summed E-state index contributed by atoms with van der Waals surface area (Å²) in [5.74, 6) is -0.674. The van der Waals surface area contributed by atoms with Gasteiger partial charge in [-0.3, -0.25) is 14.9 Å². The van der Waals surface area contributed by atoms with E-state index >= 15 is 0 Å². The van der Waals surface area contributed by atoms with Crippen LogP contribution in [0.4, 0.5) is 5.69 Å². The van der Waals surface area contributed by atoms with Gasteiger partial charge < -0.3 is 5.73 Å². The van der Waals surface area contributed by atoms with E-state index in [2.05, 4.69) is 26.0 Å². The minimum atomic E-state index is -0.812. The maximum atomic E-state index is 11.3. The second kappa shape index (κ2) is 4.53. The molecule has 0 unspecified atom stereocenters. The maximum absolute atomic E-state index is 11.3. The highest BCUT2D eigenvalue weighted by Crippen LogP contribution is 2.19. The number of hydrogen-bond acceptors (Lipinski definition) is 5. The number of carbonyl (C=O) groups is 1. The minimum absolute atomic E-state index is 0.0696. The van der Waals surface area contributed by atoms with E-state index in [9.17, 15) is 14.9 Å². The predicted octanol–water partition coefficient (Wildman–Crippen LogP) is 1.04. The fraction of sp³-hybridized carbons (Fsp3) is 0. The van der Waals surface area contributed by atoms with E-state index in [0.717, 1.165) is 12.3 Å². The maximum Gasteiger partial charge on any atom is 0.288 e. The van der Waals surface area contributed by atoms with Crippen LogP contribution in [0.15, 0.2) is 29.1 Å². The lowest BCUT2D eigenvalue weighted by molar-refractivity contribution is -0.385. The van der Waals surface area contributed by atoms with E-state index in [1.54, 1.807) is 6.20 Å². The number of amides is 1. The second-order valence-electron chi connectivity index (χ2n) is 3.29. The molecule has 0 bridgehead atoms. The van der Waals surface area contributed by atoms with Gasteiger partial charge in [-0.25, -0.2) is 9.67 Å². The molecule has 18 heavy (non-hydrogen) atoms. The average molecular weight is 312 g/mol. The van der Waals surface area contributed by atoms with E-state index in [4.69, 9.17) is 5.73 Å². The molecule has 2 aromatic rings. The molecule has 2 rings (SSSR count). The van der Waals surface area contributed by atoms with Crippen molar-refractivity contribution in [2.75, 3.05) is 0 Å². The van der Waals surface area contributed by atoms with Gasteiger partial charge in [0.25, 0.3) is 11.6 Å². The summed E-state index contributed by atoms with van der Waals surface area (Å²) < 4.78 is 1.98. The zero-order chi connectivity index (χ0) is 13.3. The van der Waals surface area contributed by atoms with Crippen LogP contribution in [-0.2, 0) is 0 Å². The highest BCUT2D eigenvalue weighted by atomic mass is 79.9. The van der Waals surface area contributed by atoms with Crippen LogP contribution < -0.4 is 5.73 Å². The van der Waals surface area contributed by atoms with Gasteiger partial charge >= 0.3 is 0 Å². The third-order valence-electron chi connectivity index (χ3n) is 2.10. The quantitative estimate of drug-likeness (QED) is 0.671. The van der Waals surface area contributed by atoms with E-state index < -0.39 is 10.8 Å². The molecule has 1 amide bonds. The van der Waals surface area contributed by atoms with Crippen LogP contribution in [0.5, 0.6) is 0 Å². The molecule has 0 saturated carbocycles. The number of nitrogens with two attached hydrogens (primary N) is 1. The van der Waals surface area contributed by atoms with Gasteiger partial charge in [-0.05, 0) is 15.9 Å². The molecule has 0 saturated heterocycles. The molecule has 0 atom stereocenters. The Hall–Kier alpha value is -2.29.